The summed E-state index contributed by atoms with van der Waals surface area (Å²) in [6.45, 7) is 6.18. The molecule has 9 heteroatoms. The van der Waals surface area contributed by atoms with Gasteiger partial charge in [-0.1, -0.05) is 49.4 Å². The summed E-state index contributed by atoms with van der Waals surface area (Å²) < 4.78 is 1.72. The van der Waals surface area contributed by atoms with Gasteiger partial charge in [-0.25, -0.2) is 9.98 Å². The zero-order valence-electron chi connectivity index (χ0n) is 21.9. The molecule has 0 heterocycles. The van der Waals surface area contributed by atoms with Crippen LogP contribution in [0.1, 0.15) is 23.6 Å². The molecule has 0 aliphatic heterocycles. The zero-order valence-corrected chi connectivity index (χ0v) is 26.2. The molecule has 0 radical (unpaired) electrons. The molecule has 0 aliphatic carbocycles. The summed E-state index contributed by atoms with van der Waals surface area (Å²) in [4.78, 5) is 9.68. The molecule has 200 valence electrons. The molecule has 0 atom stereocenters. The van der Waals surface area contributed by atoms with Crippen molar-refractivity contribution in [1.29, 1.82) is 0 Å². The first-order valence-electron chi connectivity index (χ1n) is 12.4. The third kappa shape index (κ3) is 8.33. The number of rotatable bonds is 5. The predicted octanol–water partition coefficient (Wildman–Crippen LogP) is 7.77. The molecule has 0 fully saturated rings. The Balaban J connectivity index is 1.68. The van der Waals surface area contributed by atoms with Gasteiger partial charge >= 0.3 is 0 Å². The van der Waals surface area contributed by atoms with Crippen molar-refractivity contribution in [3.8, 4) is 5.75 Å². The third-order valence-electron chi connectivity index (χ3n) is 5.78. The smallest absolute Gasteiger partial charge is 0.220 e. The molecule has 4 aromatic carbocycles. The molecular formula is C30H30I2N6O. The van der Waals surface area contributed by atoms with E-state index in [1.807, 2.05) is 74.5 Å². The number of para-hydroxylation sites is 1. The van der Waals surface area contributed by atoms with Gasteiger partial charge in [-0.3, -0.25) is 10.9 Å². The van der Waals surface area contributed by atoms with Crippen molar-refractivity contribution in [2.24, 2.45) is 9.98 Å². The molecule has 0 unspecified atom stereocenters. The highest BCUT2D eigenvalue weighted by molar-refractivity contribution is 14.1. The monoisotopic (exact) mass is 744 g/mol. The number of phenols is 1. The maximum atomic E-state index is 10.3. The van der Waals surface area contributed by atoms with Crippen LogP contribution < -0.4 is 21.5 Å². The van der Waals surface area contributed by atoms with Gasteiger partial charge in [0.1, 0.15) is 5.75 Å². The fourth-order valence-corrected chi connectivity index (χ4v) is 5.36. The molecule has 0 aromatic heterocycles. The minimum absolute atomic E-state index is 0.195. The van der Waals surface area contributed by atoms with E-state index in [4.69, 9.17) is 9.98 Å². The maximum Gasteiger partial charge on any atom is 0.220 e. The molecular weight excluding hydrogens is 714 g/mol. The Labute approximate surface area is 256 Å². The lowest BCUT2D eigenvalue weighted by atomic mass is 10.1. The van der Waals surface area contributed by atoms with Crippen LogP contribution in [-0.2, 0) is 6.42 Å². The average molecular weight is 744 g/mol. The van der Waals surface area contributed by atoms with Gasteiger partial charge in [-0.05, 0) is 119 Å². The van der Waals surface area contributed by atoms with E-state index in [9.17, 15) is 5.11 Å². The Morgan fingerprint density at radius 3 is 2.26 bits per heavy atom. The minimum atomic E-state index is 0.195. The number of phenolic OH excluding ortho intramolecular Hbond substituents is 1. The number of hydrogen-bond acceptors (Lipinski definition) is 3. The SMILES string of the molecule is CCc1cccc(N=C(NNC(=Nc2ccccc2C)Nc2cc(O)c(I)cc2I)Nc2cccc(C)c2)c1. The van der Waals surface area contributed by atoms with Crippen LogP contribution in [0.25, 0.3) is 0 Å². The number of guanidine groups is 2. The summed E-state index contributed by atoms with van der Waals surface area (Å²) >= 11 is 4.35. The van der Waals surface area contributed by atoms with E-state index in [1.165, 1.54) is 5.56 Å². The lowest BCUT2D eigenvalue weighted by Gasteiger charge is -2.18. The molecule has 0 bridgehead atoms. The van der Waals surface area contributed by atoms with Crippen LogP contribution in [0, 0.1) is 21.0 Å². The Morgan fingerprint density at radius 1 is 0.769 bits per heavy atom. The number of aromatic hydroxyl groups is 1. The van der Waals surface area contributed by atoms with Crippen molar-refractivity contribution in [3.63, 3.8) is 0 Å². The standard InChI is InChI=1S/C30H30I2N6O/c1-4-21-11-8-13-23(16-21)34-29(33-22-12-7-9-19(2)15-22)37-38-30(35-26-14-6-5-10-20(26)3)36-27-18-28(39)25(32)17-24(27)31/h5-18,39H,4H2,1-3H3,(H2,33,34,37)(H2,35,36,38). The summed E-state index contributed by atoms with van der Waals surface area (Å²) in [7, 11) is 0. The second-order valence-corrected chi connectivity index (χ2v) is 11.2. The zero-order chi connectivity index (χ0) is 27.8. The Kier molecular flexibility index (Phi) is 10.0. The van der Waals surface area contributed by atoms with Crippen LogP contribution in [0.3, 0.4) is 0 Å². The molecule has 0 spiro atoms. The lowest BCUT2D eigenvalue weighted by Crippen LogP contribution is -2.47. The maximum absolute atomic E-state index is 10.3. The normalized spacial score (nSPS) is 11.7. The summed E-state index contributed by atoms with van der Waals surface area (Å²) in [5.74, 6) is 1.12. The van der Waals surface area contributed by atoms with Crippen molar-refractivity contribution in [2.45, 2.75) is 27.2 Å². The molecule has 5 N–H and O–H groups in total. The summed E-state index contributed by atoms with van der Waals surface area (Å²) in [5, 5.41) is 17.0. The van der Waals surface area contributed by atoms with Crippen LogP contribution in [0.5, 0.6) is 5.75 Å². The van der Waals surface area contributed by atoms with Gasteiger partial charge < -0.3 is 15.7 Å². The van der Waals surface area contributed by atoms with Gasteiger partial charge in [-0.2, -0.15) is 0 Å². The quantitative estimate of drug-likeness (QED) is 0.0624. The highest BCUT2D eigenvalue weighted by atomic mass is 127. The molecule has 4 rings (SSSR count). The Hall–Kier alpha value is -3.32. The number of nitrogens with one attached hydrogen (secondary N) is 4. The number of halogens is 2. The van der Waals surface area contributed by atoms with Gasteiger partial charge in [0.05, 0.1) is 20.6 Å². The molecule has 7 nitrogen and oxygen atoms in total. The largest absolute Gasteiger partial charge is 0.507 e. The second-order valence-electron chi connectivity index (χ2n) is 8.88. The van der Waals surface area contributed by atoms with Gasteiger partial charge in [-0.15, -0.1) is 0 Å². The summed E-state index contributed by atoms with van der Waals surface area (Å²) in [6.07, 6.45) is 0.925. The number of nitrogens with zero attached hydrogens (tertiary/aromatic N) is 2. The molecule has 0 saturated carbocycles. The number of aliphatic imine (C=N–C) groups is 2. The molecule has 0 amide bonds. The van der Waals surface area contributed by atoms with E-state index in [2.05, 4.69) is 91.8 Å². The van der Waals surface area contributed by atoms with Crippen molar-refractivity contribution in [2.75, 3.05) is 10.6 Å². The van der Waals surface area contributed by atoms with Gasteiger partial charge in [0.25, 0.3) is 0 Å². The van der Waals surface area contributed by atoms with Crippen LogP contribution in [0.15, 0.2) is 94.9 Å². The van der Waals surface area contributed by atoms with E-state index in [0.717, 1.165) is 47.4 Å². The van der Waals surface area contributed by atoms with E-state index < -0.39 is 0 Å². The van der Waals surface area contributed by atoms with Crippen LogP contribution >= 0.6 is 45.2 Å². The number of benzene rings is 4. The number of hydrazine groups is 1. The molecule has 39 heavy (non-hydrogen) atoms. The average Bonchev–Trinajstić information content (AvgIpc) is 2.91. The van der Waals surface area contributed by atoms with Crippen molar-refractivity contribution in [1.82, 2.24) is 10.9 Å². The van der Waals surface area contributed by atoms with E-state index >= 15 is 0 Å². The molecule has 0 saturated heterocycles. The number of aryl methyl sites for hydroxylation is 3. The first-order chi connectivity index (χ1) is 18.8. The van der Waals surface area contributed by atoms with Gasteiger partial charge in [0, 0.05) is 15.3 Å². The Bertz CT molecular complexity index is 1520. The van der Waals surface area contributed by atoms with E-state index in [0.29, 0.717) is 11.9 Å². The van der Waals surface area contributed by atoms with Crippen molar-refractivity contribution >= 4 is 79.9 Å². The van der Waals surface area contributed by atoms with Gasteiger partial charge in [0.2, 0.25) is 11.9 Å². The van der Waals surface area contributed by atoms with Crippen LogP contribution in [0.2, 0.25) is 0 Å². The fraction of sp³-hybridized carbons (Fsp3) is 0.133. The third-order valence-corrected chi connectivity index (χ3v) is 7.53. The lowest BCUT2D eigenvalue weighted by molar-refractivity contribution is 0.471. The fourth-order valence-electron chi connectivity index (χ4n) is 3.70. The summed E-state index contributed by atoms with van der Waals surface area (Å²) in [6, 6.07) is 27.7. The van der Waals surface area contributed by atoms with Crippen molar-refractivity contribution < 1.29 is 5.11 Å². The van der Waals surface area contributed by atoms with Crippen molar-refractivity contribution in [3.05, 3.63) is 109 Å². The molecule has 0 aliphatic rings. The first kappa shape index (κ1) is 28.7. The predicted molar refractivity (Wildman–Crippen MR) is 179 cm³/mol. The Morgan fingerprint density at radius 2 is 1.51 bits per heavy atom. The minimum Gasteiger partial charge on any atom is -0.507 e. The van der Waals surface area contributed by atoms with Crippen LogP contribution in [0.4, 0.5) is 22.7 Å². The number of hydrogen-bond donors (Lipinski definition) is 5. The second kappa shape index (κ2) is 13.7. The number of anilines is 2. The summed E-state index contributed by atoms with van der Waals surface area (Å²) in [5.41, 5.74) is 13.0. The highest BCUT2D eigenvalue weighted by Gasteiger charge is 2.11. The van der Waals surface area contributed by atoms with E-state index in [1.54, 1.807) is 6.07 Å². The highest BCUT2D eigenvalue weighted by Crippen LogP contribution is 2.29. The first-order valence-corrected chi connectivity index (χ1v) is 14.6. The topological polar surface area (TPSA) is 93.1 Å². The van der Waals surface area contributed by atoms with E-state index in [-0.39, 0.29) is 5.75 Å². The van der Waals surface area contributed by atoms with Gasteiger partial charge in [0.15, 0.2) is 0 Å². The van der Waals surface area contributed by atoms with Crippen LogP contribution in [-0.4, -0.2) is 17.0 Å². The molecule has 4 aromatic rings.